The van der Waals surface area contributed by atoms with Crippen LogP contribution in [-0.4, -0.2) is 30.4 Å². The molecule has 0 saturated carbocycles. The van der Waals surface area contributed by atoms with E-state index in [1.165, 1.54) is 0 Å². The van der Waals surface area contributed by atoms with Crippen LogP contribution < -0.4 is 4.74 Å². The Bertz CT molecular complexity index is 453. The molecule has 0 amide bonds. The number of carboxylic acid groups (broad SMARTS) is 1. The zero-order valence-corrected chi connectivity index (χ0v) is 10.2. The molecule has 4 heteroatoms. The predicted molar refractivity (Wildman–Crippen MR) is 64.8 cm³/mol. The van der Waals surface area contributed by atoms with Gasteiger partial charge in [-0.25, -0.2) is 0 Å². The molecule has 4 atom stereocenters. The van der Waals surface area contributed by atoms with Gasteiger partial charge in [-0.3, -0.25) is 4.79 Å². The zero-order valence-electron chi connectivity index (χ0n) is 10.2. The highest BCUT2D eigenvalue weighted by Gasteiger charge is 2.52. The number of carboxylic acids is 1. The molecule has 2 fully saturated rings. The smallest absolute Gasteiger partial charge is 0.309 e. The summed E-state index contributed by atoms with van der Waals surface area (Å²) in [6.45, 7) is 0. The number of rotatable bonds is 3. The number of fused-ring (bicyclic) bond motifs is 2. The lowest BCUT2D eigenvalue weighted by Crippen LogP contribution is -2.31. The topological polar surface area (TPSA) is 55.8 Å². The second kappa shape index (κ2) is 4.28. The number of ether oxygens (including phenoxy) is 2. The van der Waals surface area contributed by atoms with E-state index in [4.69, 9.17) is 9.47 Å². The molecule has 18 heavy (non-hydrogen) atoms. The largest absolute Gasteiger partial charge is 0.497 e. The van der Waals surface area contributed by atoms with Crippen molar-refractivity contribution in [1.29, 1.82) is 0 Å². The number of hydrogen-bond acceptors (Lipinski definition) is 3. The van der Waals surface area contributed by atoms with E-state index in [2.05, 4.69) is 0 Å². The Morgan fingerprint density at radius 2 is 1.94 bits per heavy atom. The lowest BCUT2D eigenvalue weighted by Gasteiger charge is -2.25. The summed E-state index contributed by atoms with van der Waals surface area (Å²) < 4.78 is 10.9. The molecule has 4 unspecified atom stereocenters. The molecule has 4 nitrogen and oxygen atoms in total. The van der Waals surface area contributed by atoms with E-state index in [0.29, 0.717) is 0 Å². The monoisotopic (exact) mass is 248 g/mol. The van der Waals surface area contributed by atoms with Crippen molar-refractivity contribution >= 4 is 5.97 Å². The average Bonchev–Trinajstić information content (AvgIpc) is 2.99. The van der Waals surface area contributed by atoms with Gasteiger partial charge >= 0.3 is 5.97 Å². The Hall–Kier alpha value is -1.55. The summed E-state index contributed by atoms with van der Waals surface area (Å²) in [6.07, 6.45) is 1.78. The predicted octanol–water partition coefficient (Wildman–Crippen LogP) is 2.04. The van der Waals surface area contributed by atoms with Crippen LogP contribution in [0.5, 0.6) is 5.75 Å². The van der Waals surface area contributed by atoms with Crippen LogP contribution in [0.1, 0.15) is 24.3 Å². The molecule has 2 aliphatic rings. The molecule has 2 heterocycles. The number of methoxy groups -OCH3 is 1. The van der Waals surface area contributed by atoms with Crippen LogP contribution in [0.3, 0.4) is 0 Å². The van der Waals surface area contributed by atoms with Gasteiger partial charge < -0.3 is 14.6 Å². The summed E-state index contributed by atoms with van der Waals surface area (Å²) in [4.78, 5) is 11.4. The van der Waals surface area contributed by atoms with Gasteiger partial charge in [0.15, 0.2) is 0 Å². The minimum atomic E-state index is -0.747. The first-order valence-corrected chi connectivity index (χ1v) is 6.23. The van der Waals surface area contributed by atoms with Crippen molar-refractivity contribution in [2.75, 3.05) is 7.11 Å². The first-order chi connectivity index (χ1) is 8.70. The van der Waals surface area contributed by atoms with Crippen molar-refractivity contribution in [3.05, 3.63) is 29.8 Å². The van der Waals surface area contributed by atoms with Crippen LogP contribution in [0.2, 0.25) is 0 Å². The van der Waals surface area contributed by atoms with Gasteiger partial charge in [-0.2, -0.15) is 0 Å². The van der Waals surface area contributed by atoms with Crippen molar-refractivity contribution in [2.24, 2.45) is 5.92 Å². The Kier molecular flexibility index (Phi) is 2.74. The van der Waals surface area contributed by atoms with Crippen molar-refractivity contribution in [3.8, 4) is 5.75 Å². The molecule has 1 aromatic rings. The Balaban J connectivity index is 1.91. The van der Waals surface area contributed by atoms with Crippen LogP contribution in [0.25, 0.3) is 0 Å². The Labute approximate surface area is 106 Å². The van der Waals surface area contributed by atoms with E-state index in [1.807, 2.05) is 24.3 Å². The second-order valence-corrected chi connectivity index (χ2v) is 4.95. The third kappa shape index (κ3) is 1.68. The first kappa shape index (κ1) is 11.5. The average molecular weight is 248 g/mol. The van der Waals surface area contributed by atoms with Gasteiger partial charge in [0.05, 0.1) is 25.2 Å². The zero-order chi connectivity index (χ0) is 12.7. The van der Waals surface area contributed by atoms with E-state index in [9.17, 15) is 9.90 Å². The third-order valence-electron chi connectivity index (χ3n) is 4.06. The van der Waals surface area contributed by atoms with E-state index in [-0.39, 0.29) is 18.1 Å². The molecule has 2 saturated heterocycles. The molecule has 2 aliphatic heterocycles. The van der Waals surface area contributed by atoms with Crippen molar-refractivity contribution in [2.45, 2.75) is 31.0 Å². The maximum absolute atomic E-state index is 11.4. The maximum Gasteiger partial charge on any atom is 0.309 e. The first-order valence-electron chi connectivity index (χ1n) is 6.23. The summed E-state index contributed by atoms with van der Waals surface area (Å²) in [5, 5.41) is 9.36. The number of hydrogen-bond donors (Lipinski definition) is 1. The van der Waals surface area contributed by atoms with Gasteiger partial charge in [0, 0.05) is 5.92 Å². The molecular weight excluding hydrogens is 232 g/mol. The Morgan fingerprint density at radius 1 is 1.28 bits per heavy atom. The molecule has 0 spiro atoms. The summed E-state index contributed by atoms with van der Waals surface area (Å²) in [6, 6.07) is 7.65. The van der Waals surface area contributed by atoms with Gasteiger partial charge in [-0.15, -0.1) is 0 Å². The highest BCUT2D eigenvalue weighted by molar-refractivity contribution is 5.73. The third-order valence-corrected chi connectivity index (χ3v) is 4.06. The van der Waals surface area contributed by atoms with Crippen molar-refractivity contribution < 1.29 is 19.4 Å². The standard InChI is InChI=1S/C14H16O4/c1-17-9-4-2-8(3-5-9)12-10-6-7-11(18-10)13(12)14(15)16/h2-5,10-13H,6-7H2,1H3,(H,15,16). The lowest BCUT2D eigenvalue weighted by atomic mass is 9.75. The van der Waals surface area contributed by atoms with Gasteiger partial charge in [0.2, 0.25) is 0 Å². The minimum absolute atomic E-state index is 0.0212. The minimum Gasteiger partial charge on any atom is -0.497 e. The summed E-state index contributed by atoms with van der Waals surface area (Å²) in [5.41, 5.74) is 1.04. The van der Waals surface area contributed by atoms with E-state index in [1.54, 1.807) is 7.11 Å². The molecular formula is C14H16O4. The molecule has 0 aromatic heterocycles. The summed E-state index contributed by atoms with van der Waals surface area (Å²) >= 11 is 0. The SMILES string of the molecule is COc1ccc(C2C3CCC(O3)C2C(=O)O)cc1. The van der Waals surface area contributed by atoms with Gasteiger partial charge in [0.25, 0.3) is 0 Å². The quantitative estimate of drug-likeness (QED) is 0.889. The van der Waals surface area contributed by atoms with E-state index < -0.39 is 11.9 Å². The molecule has 0 radical (unpaired) electrons. The van der Waals surface area contributed by atoms with Gasteiger partial charge in [-0.1, -0.05) is 12.1 Å². The highest BCUT2D eigenvalue weighted by atomic mass is 16.5. The van der Waals surface area contributed by atoms with Gasteiger partial charge in [-0.05, 0) is 30.5 Å². The number of benzene rings is 1. The van der Waals surface area contributed by atoms with Crippen molar-refractivity contribution in [1.82, 2.24) is 0 Å². The van der Waals surface area contributed by atoms with Crippen LogP contribution in [0.15, 0.2) is 24.3 Å². The maximum atomic E-state index is 11.4. The van der Waals surface area contributed by atoms with Crippen LogP contribution >= 0.6 is 0 Å². The fourth-order valence-electron chi connectivity index (χ4n) is 3.24. The fourth-order valence-corrected chi connectivity index (χ4v) is 3.24. The van der Waals surface area contributed by atoms with E-state index in [0.717, 1.165) is 24.2 Å². The normalized spacial score (nSPS) is 33.6. The summed E-state index contributed by atoms with van der Waals surface area (Å²) in [7, 11) is 1.62. The van der Waals surface area contributed by atoms with E-state index >= 15 is 0 Å². The molecule has 96 valence electrons. The Morgan fingerprint density at radius 3 is 2.56 bits per heavy atom. The fraction of sp³-hybridized carbons (Fsp3) is 0.500. The number of aliphatic carboxylic acids is 1. The lowest BCUT2D eigenvalue weighted by molar-refractivity contribution is -0.143. The van der Waals surface area contributed by atoms with Crippen molar-refractivity contribution in [3.63, 3.8) is 0 Å². The molecule has 1 N–H and O–H groups in total. The van der Waals surface area contributed by atoms with Crippen LogP contribution in [-0.2, 0) is 9.53 Å². The van der Waals surface area contributed by atoms with Gasteiger partial charge in [0.1, 0.15) is 5.75 Å². The second-order valence-electron chi connectivity index (χ2n) is 4.95. The molecule has 1 aromatic carbocycles. The molecule has 0 aliphatic carbocycles. The van der Waals surface area contributed by atoms with Crippen LogP contribution in [0, 0.1) is 5.92 Å². The number of carbonyl (C=O) groups is 1. The van der Waals surface area contributed by atoms with Crippen LogP contribution in [0.4, 0.5) is 0 Å². The molecule has 3 rings (SSSR count). The highest BCUT2D eigenvalue weighted by Crippen LogP contribution is 2.48. The molecule has 2 bridgehead atoms. The summed E-state index contributed by atoms with van der Waals surface area (Å²) in [5.74, 6) is -0.387.